The number of aryl methyl sites for hydroxylation is 1. The molecule has 0 radical (unpaired) electrons. The lowest BCUT2D eigenvalue weighted by molar-refractivity contribution is -0.117. The lowest BCUT2D eigenvalue weighted by Crippen LogP contribution is -2.25. The highest BCUT2D eigenvalue weighted by Gasteiger charge is 2.35. The molecule has 3 unspecified atom stereocenters. The fourth-order valence-corrected chi connectivity index (χ4v) is 5.52. The van der Waals surface area contributed by atoms with E-state index >= 15 is 0 Å². The Morgan fingerprint density at radius 1 is 1.19 bits per heavy atom. The number of cyclic esters (lactones) is 1. The van der Waals surface area contributed by atoms with Crippen LogP contribution in [0.3, 0.4) is 0 Å². The minimum absolute atomic E-state index is 0.140. The van der Waals surface area contributed by atoms with Gasteiger partial charge in [0.2, 0.25) is 0 Å². The number of Topliss-reactive ketones (excluding diaryl/α,β-unsaturated/α-hetero) is 1. The van der Waals surface area contributed by atoms with E-state index < -0.39 is 0 Å². The standard InChI is InChI=1S/C23H31NO3/c1-15-12-20(24-14-21(27-23(24)26)10-6-16(2)25)9-11-22(15)19-8-7-17-4-3-5-18(17)13-19/h9,11-12,17-19,21H,3-8,10,13-14H2,1-2H3/t17?,18?,19?,21-/m0/s1. The number of carbonyl (C=O) groups is 2. The molecular weight excluding hydrogens is 338 g/mol. The number of amides is 1. The molecule has 3 aliphatic rings. The van der Waals surface area contributed by atoms with Gasteiger partial charge in [0.15, 0.2) is 0 Å². The largest absolute Gasteiger partial charge is 0.444 e. The lowest BCUT2D eigenvalue weighted by atomic mass is 9.72. The van der Waals surface area contributed by atoms with Gasteiger partial charge in [-0.15, -0.1) is 0 Å². The molecule has 27 heavy (non-hydrogen) atoms. The Bertz CT molecular complexity index is 728. The summed E-state index contributed by atoms with van der Waals surface area (Å²) in [5.41, 5.74) is 3.67. The third-order valence-electron chi connectivity index (χ3n) is 6.99. The highest BCUT2D eigenvalue weighted by molar-refractivity contribution is 5.90. The average molecular weight is 370 g/mol. The maximum absolute atomic E-state index is 12.3. The van der Waals surface area contributed by atoms with Gasteiger partial charge in [-0.2, -0.15) is 0 Å². The van der Waals surface area contributed by atoms with Crippen LogP contribution in [0.15, 0.2) is 18.2 Å². The van der Waals surface area contributed by atoms with Crippen LogP contribution in [0.4, 0.5) is 10.5 Å². The van der Waals surface area contributed by atoms with E-state index in [1.807, 2.05) is 0 Å². The van der Waals surface area contributed by atoms with Crippen LogP contribution < -0.4 is 4.90 Å². The molecule has 2 saturated carbocycles. The number of hydrogen-bond acceptors (Lipinski definition) is 3. The second kappa shape index (κ2) is 7.65. The molecule has 4 nitrogen and oxygen atoms in total. The number of benzene rings is 1. The molecule has 1 saturated heterocycles. The first-order valence-corrected chi connectivity index (χ1v) is 10.6. The number of carbonyl (C=O) groups excluding carboxylic acids is 2. The second-order valence-corrected chi connectivity index (χ2v) is 8.86. The summed E-state index contributed by atoms with van der Waals surface area (Å²) in [6.45, 7) is 4.29. The molecule has 0 spiro atoms. The molecule has 1 aliphatic heterocycles. The minimum Gasteiger partial charge on any atom is -0.444 e. The lowest BCUT2D eigenvalue weighted by Gasteiger charge is -2.33. The van der Waals surface area contributed by atoms with Crippen LogP contribution in [0.25, 0.3) is 0 Å². The molecule has 0 bridgehead atoms. The molecule has 3 fully saturated rings. The van der Waals surface area contributed by atoms with Gasteiger partial charge in [-0.3, -0.25) is 4.90 Å². The third kappa shape index (κ3) is 3.90. The molecule has 1 aromatic carbocycles. The van der Waals surface area contributed by atoms with Crippen molar-refractivity contribution in [3.63, 3.8) is 0 Å². The van der Waals surface area contributed by atoms with Gasteiger partial charge in [0.05, 0.1) is 6.54 Å². The van der Waals surface area contributed by atoms with Crippen molar-refractivity contribution in [2.45, 2.75) is 77.2 Å². The summed E-state index contributed by atoms with van der Waals surface area (Å²) in [6.07, 6.45) is 8.91. The Hall–Kier alpha value is -1.84. The van der Waals surface area contributed by atoms with Gasteiger partial charge >= 0.3 is 6.09 Å². The highest BCUT2D eigenvalue weighted by Crippen LogP contribution is 2.48. The summed E-state index contributed by atoms with van der Waals surface area (Å²) >= 11 is 0. The summed E-state index contributed by atoms with van der Waals surface area (Å²) in [7, 11) is 0. The van der Waals surface area contributed by atoms with Crippen LogP contribution in [-0.2, 0) is 9.53 Å². The van der Waals surface area contributed by atoms with Crippen molar-refractivity contribution >= 4 is 17.6 Å². The summed E-state index contributed by atoms with van der Waals surface area (Å²) in [5, 5.41) is 0. The Morgan fingerprint density at radius 2 is 2.00 bits per heavy atom. The van der Waals surface area contributed by atoms with Crippen LogP contribution in [0, 0.1) is 18.8 Å². The third-order valence-corrected chi connectivity index (χ3v) is 6.99. The molecule has 1 heterocycles. The van der Waals surface area contributed by atoms with E-state index in [-0.39, 0.29) is 18.0 Å². The van der Waals surface area contributed by atoms with Crippen LogP contribution >= 0.6 is 0 Å². The number of ketones is 1. The number of hydrogen-bond donors (Lipinski definition) is 0. The minimum atomic E-state index is -0.290. The van der Waals surface area contributed by atoms with Crippen molar-refractivity contribution in [1.82, 2.24) is 0 Å². The van der Waals surface area contributed by atoms with Crippen molar-refractivity contribution in [1.29, 1.82) is 0 Å². The zero-order valence-electron chi connectivity index (χ0n) is 16.6. The number of fused-ring (bicyclic) bond motifs is 1. The number of ether oxygens (including phenoxy) is 1. The van der Waals surface area contributed by atoms with E-state index in [2.05, 4.69) is 25.1 Å². The van der Waals surface area contributed by atoms with Gasteiger partial charge in [0.1, 0.15) is 11.9 Å². The Balaban J connectivity index is 1.44. The maximum atomic E-state index is 12.3. The second-order valence-electron chi connectivity index (χ2n) is 8.86. The van der Waals surface area contributed by atoms with Crippen LogP contribution in [0.2, 0.25) is 0 Å². The Kier molecular flexibility index (Phi) is 5.25. The van der Waals surface area contributed by atoms with Crippen molar-refractivity contribution < 1.29 is 14.3 Å². The Labute approximate surface area is 162 Å². The molecular formula is C23H31NO3. The van der Waals surface area contributed by atoms with Crippen LogP contribution in [0.5, 0.6) is 0 Å². The average Bonchev–Trinajstić information content (AvgIpc) is 3.25. The summed E-state index contributed by atoms with van der Waals surface area (Å²) in [6, 6.07) is 6.46. The first-order valence-electron chi connectivity index (χ1n) is 10.6. The highest BCUT2D eigenvalue weighted by atomic mass is 16.6. The molecule has 0 aromatic heterocycles. The smallest absolute Gasteiger partial charge is 0.414 e. The van der Waals surface area contributed by atoms with E-state index in [0.717, 1.165) is 17.5 Å². The van der Waals surface area contributed by atoms with Gasteiger partial charge in [0, 0.05) is 12.1 Å². The van der Waals surface area contributed by atoms with Gasteiger partial charge in [-0.25, -0.2) is 4.79 Å². The number of nitrogens with zero attached hydrogens (tertiary/aromatic N) is 1. The van der Waals surface area contributed by atoms with E-state index in [0.29, 0.717) is 25.3 Å². The van der Waals surface area contributed by atoms with Crippen molar-refractivity contribution in [2.75, 3.05) is 11.4 Å². The topological polar surface area (TPSA) is 46.6 Å². The number of rotatable bonds is 5. The normalized spacial score (nSPS) is 30.3. The quantitative estimate of drug-likeness (QED) is 0.700. The predicted octanol–water partition coefficient (Wildman–Crippen LogP) is 5.37. The fraction of sp³-hybridized carbons (Fsp3) is 0.652. The zero-order chi connectivity index (χ0) is 19.0. The molecule has 2 aliphatic carbocycles. The van der Waals surface area contributed by atoms with E-state index in [4.69, 9.17) is 4.74 Å². The summed E-state index contributed by atoms with van der Waals surface area (Å²) in [4.78, 5) is 25.2. The summed E-state index contributed by atoms with van der Waals surface area (Å²) in [5.74, 6) is 2.72. The van der Waals surface area contributed by atoms with Crippen molar-refractivity contribution in [3.05, 3.63) is 29.3 Å². The van der Waals surface area contributed by atoms with E-state index in [1.165, 1.54) is 49.7 Å². The molecule has 1 aromatic rings. The molecule has 1 amide bonds. The molecule has 4 heteroatoms. The van der Waals surface area contributed by atoms with Gasteiger partial charge in [0.25, 0.3) is 0 Å². The van der Waals surface area contributed by atoms with E-state index in [1.54, 1.807) is 11.8 Å². The van der Waals surface area contributed by atoms with Gasteiger partial charge < -0.3 is 9.53 Å². The van der Waals surface area contributed by atoms with Crippen LogP contribution in [0.1, 0.15) is 75.3 Å². The number of anilines is 1. The van der Waals surface area contributed by atoms with E-state index in [9.17, 15) is 9.59 Å². The SMILES string of the molecule is CC(=O)CC[C@H]1CN(c2ccc(C3CCC4CCCC4C3)c(C)c2)C(=O)O1. The van der Waals surface area contributed by atoms with Gasteiger partial charge in [-0.1, -0.05) is 25.3 Å². The van der Waals surface area contributed by atoms with Crippen LogP contribution in [-0.4, -0.2) is 24.5 Å². The Morgan fingerprint density at radius 3 is 2.78 bits per heavy atom. The molecule has 4 rings (SSSR count). The van der Waals surface area contributed by atoms with Crippen molar-refractivity contribution in [2.24, 2.45) is 11.8 Å². The summed E-state index contributed by atoms with van der Waals surface area (Å²) < 4.78 is 5.45. The maximum Gasteiger partial charge on any atom is 0.414 e. The van der Waals surface area contributed by atoms with Crippen molar-refractivity contribution in [3.8, 4) is 0 Å². The van der Waals surface area contributed by atoms with Gasteiger partial charge in [-0.05, 0) is 80.5 Å². The monoisotopic (exact) mass is 369 g/mol. The zero-order valence-corrected chi connectivity index (χ0v) is 16.6. The predicted molar refractivity (Wildman–Crippen MR) is 106 cm³/mol. The first kappa shape index (κ1) is 18.5. The fourth-order valence-electron chi connectivity index (χ4n) is 5.52. The molecule has 0 N–H and O–H groups in total. The first-order chi connectivity index (χ1) is 13.0. The molecule has 4 atom stereocenters. The molecule has 146 valence electrons.